The van der Waals surface area contributed by atoms with Crippen molar-refractivity contribution in [1.29, 1.82) is 0 Å². The highest BCUT2D eigenvalue weighted by atomic mass is 32.1. The second kappa shape index (κ2) is 7.57. The number of anilines is 1. The average molecular weight is 336 g/mol. The number of nitrogens with one attached hydrogen (secondary N) is 1. The molecule has 1 aromatic heterocycles. The third kappa shape index (κ3) is 4.08. The standard InChI is InChI=1S/C19H16N2O2S/c1-23-17-9-2-14(3-10-17)4-11-18(22)21-16-7-5-15(6-8-16)19-20-12-13-24-19/h2-13H,1H3,(H,21,22)/b11-4+. The Morgan fingerprint density at radius 1 is 1.12 bits per heavy atom. The van der Waals surface area contributed by atoms with Crippen molar-refractivity contribution in [3.63, 3.8) is 0 Å². The van der Waals surface area contributed by atoms with E-state index in [1.165, 1.54) is 6.08 Å². The quantitative estimate of drug-likeness (QED) is 0.699. The van der Waals surface area contributed by atoms with Gasteiger partial charge in [-0.3, -0.25) is 4.79 Å². The Bertz CT molecular complexity index is 823. The minimum atomic E-state index is -0.173. The van der Waals surface area contributed by atoms with Crippen LogP contribution >= 0.6 is 11.3 Å². The average Bonchev–Trinajstić information content (AvgIpc) is 3.16. The van der Waals surface area contributed by atoms with Crippen molar-refractivity contribution in [3.8, 4) is 16.3 Å². The van der Waals surface area contributed by atoms with E-state index in [-0.39, 0.29) is 5.91 Å². The van der Waals surface area contributed by atoms with Gasteiger partial charge in [0.2, 0.25) is 5.91 Å². The SMILES string of the molecule is COc1ccc(/C=C/C(=O)Nc2ccc(-c3nccs3)cc2)cc1. The summed E-state index contributed by atoms with van der Waals surface area (Å²) in [6.45, 7) is 0. The van der Waals surface area contributed by atoms with Gasteiger partial charge >= 0.3 is 0 Å². The second-order valence-electron chi connectivity index (χ2n) is 5.01. The molecule has 0 fully saturated rings. The highest BCUT2D eigenvalue weighted by molar-refractivity contribution is 7.13. The zero-order valence-corrected chi connectivity index (χ0v) is 13.9. The molecule has 4 nitrogen and oxygen atoms in total. The highest BCUT2D eigenvalue weighted by Crippen LogP contribution is 2.23. The van der Waals surface area contributed by atoms with Crippen LogP contribution in [0.5, 0.6) is 5.75 Å². The molecule has 120 valence electrons. The number of hydrogen-bond acceptors (Lipinski definition) is 4. The second-order valence-corrected chi connectivity index (χ2v) is 5.90. The van der Waals surface area contributed by atoms with Crippen molar-refractivity contribution < 1.29 is 9.53 Å². The van der Waals surface area contributed by atoms with Crippen molar-refractivity contribution >= 4 is 29.0 Å². The van der Waals surface area contributed by atoms with Gasteiger partial charge in [0.05, 0.1) is 7.11 Å². The molecule has 24 heavy (non-hydrogen) atoms. The van der Waals surface area contributed by atoms with E-state index in [9.17, 15) is 4.79 Å². The Labute approximate surface area is 144 Å². The van der Waals surface area contributed by atoms with Crippen LogP contribution in [0, 0.1) is 0 Å². The first-order valence-electron chi connectivity index (χ1n) is 7.37. The van der Waals surface area contributed by atoms with E-state index in [2.05, 4.69) is 10.3 Å². The number of rotatable bonds is 5. The molecule has 0 spiro atoms. The minimum Gasteiger partial charge on any atom is -0.497 e. The number of benzene rings is 2. The van der Waals surface area contributed by atoms with Crippen molar-refractivity contribution in [2.45, 2.75) is 0 Å². The molecule has 0 atom stereocenters. The lowest BCUT2D eigenvalue weighted by molar-refractivity contribution is -0.111. The van der Waals surface area contributed by atoms with Crippen LogP contribution in [0.15, 0.2) is 66.2 Å². The van der Waals surface area contributed by atoms with Gasteiger partial charge in [-0.2, -0.15) is 0 Å². The zero-order valence-electron chi connectivity index (χ0n) is 13.1. The molecule has 1 N–H and O–H groups in total. The number of thiazole rings is 1. The maximum absolute atomic E-state index is 12.0. The Kier molecular flexibility index (Phi) is 5.03. The summed E-state index contributed by atoms with van der Waals surface area (Å²) >= 11 is 1.59. The largest absolute Gasteiger partial charge is 0.497 e. The van der Waals surface area contributed by atoms with Gasteiger partial charge in [0, 0.05) is 28.9 Å². The number of ether oxygens (including phenoxy) is 1. The molecule has 1 amide bonds. The number of amides is 1. The van der Waals surface area contributed by atoms with Crippen LogP contribution < -0.4 is 10.1 Å². The summed E-state index contributed by atoms with van der Waals surface area (Å²) in [5.74, 6) is 0.615. The summed E-state index contributed by atoms with van der Waals surface area (Å²) < 4.78 is 5.10. The monoisotopic (exact) mass is 336 g/mol. The van der Waals surface area contributed by atoms with E-state index in [1.54, 1.807) is 30.7 Å². The molecule has 0 bridgehead atoms. The van der Waals surface area contributed by atoms with Gasteiger partial charge in [0.25, 0.3) is 0 Å². The molecule has 0 unspecified atom stereocenters. The molecule has 5 heteroatoms. The van der Waals surface area contributed by atoms with Gasteiger partial charge < -0.3 is 10.1 Å². The van der Waals surface area contributed by atoms with Crippen molar-refractivity contribution in [2.75, 3.05) is 12.4 Å². The fraction of sp³-hybridized carbons (Fsp3) is 0.0526. The Morgan fingerprint density at radius 3 is 2.50 bits per heavy atom. The Balaban J connectivity index is 1.60. The summed E-state index contributed by atoms with van der Waals surface area (Å²) in [4.78, 5) is 16.3. The van der Waals surface area contributed by atoms with E-state index in [1.807, 2.05) is 53.9 Å². The van der Waals surface area contributed by atoms with Gasteiger partial charge in [-0.25, -0.2) is 4.98 Å². The lowest BCUT2D eigenvalue weighted by Gasteiger charge is -2.03. The fourth-order valence-corrected chi connectivity index (χ4v) is 2.78. The van der Waals surface area contributed by atoms with Gasteiger partial charge in [0.1, 0.15) is 10.8 Å². The predicted molar refractivity (Wildman–Crippen MR) is 98.2 cm³/mol. The number of carbonyl (C=O) groups is 1. The molecule has 0 aliphatic rings. The predicted octanol–water partition coefficient (Wildman–Crippen LogP) is 4.47. The Morgan fingerprint density at radius 2 is 1.88 bits per heavy atom. The molecular formula is C19H16N2O2S. The molecule has 0 aliphatic heterocycles. The van der Waals surface area contributed by atoms with E-state index in [0.717, 1.165) is 27.6 Å². The summed E-state index contributed by atoms with van der Waals surface area (Å²) in [5.41, 5.74) is 2.72. The minimum absolute atomic E-state index is 0.173. The first-order chi connectivity index (χ1) is 11.7. The summed E-state index contributed by atoms with van der Waals surface area (Å²) in [7, 11) is 1.62. The molecule has 0 saturated carbocycles. The van der Waals surface area contributed by atoms with Gasteiger partial charge in [-0.05, 0) is 48.0 Å². The fourth-order valence-electron chi connectivity index (χ4n) is 2.13. The van der Waals surface area contributed by atoms with E-state index in [4.69, 9.17) is 4.74 Å². The van der Waals surface area contributed by atoms with E-state index >= 15 is 0 Å². The van der Waals surface area contributed by atoms with Crippen LogP contribution in [0.25, 0.3) is 16.6 Å². The molecule has 0 radical (unpaired) electrons. The van der Waals surface area contributed by atoms with Crippen LogP contribution in [0.2, 0.25) is 0 Å². The smallest absolute Gasteiger partial charge is 0.248 e. The molecule has 0 aliphatic carbocycles. The van der Waals surface area contributed by atoms with Crippen LogP contribution in [0.3, 0.4) is 0 Å². The maximum atomic E-state index is 12.0. The number of aromatic nitrogens is 1. The molecule has 1 heterocycles. The summed E-state index contributed by atoms with van der Waals surface area (Å²) in [5, 5.41) is 5.74. The molecule has 2 aromatic carbocycles. The first-order valence-corrected chi connectivity index (χ1v) is 8.25. The zero-order chi connectivity index (χ0) is 16.8. The topological polar surface area (TPSA) is 51.2 Å². The highest BCUT2D eigenvalue weighted by Gasteiger charge is 2.02. The Hall–Kier alpha value is -2.92. The maximum Gasteiger partial charge on any atom is 0.248 e. The number of methoxy groups -OCH3 is 1. The van der Waals surface area contributed by atoms with Crippen LogP contribution in [0.4, 0.5) is 5.69 Å². The van der Waals surface area contributed by atoms with Crippen LogP contribution in [-0.4, -0.2) is 18.0 Å². The van der Waals surface area contributed by atoms with Crippen LogP contribution in [-0.2, 0) is 4.79 Å². The van der Waals surface area contributed by atoms with E-state index < -0.39 is 0 Å². The first kappa shape index (κ1) is 16.0. The number of carbonyl (C=O) groups excluding carboxylic acids is 1. The van der Waals surface area contributed by atoms with Crippen molar-refractivity contribution in [2.24, 2.45) is 0 Å². The summed E-state index contributed by atoms with van der Waals surface area (Å²) in [6.07, 6.45) is 5.05. The molecule has 3 rings (SSSR count). The van der Waals surface area contributed by atoms with E-state index in [0.29, 0.717) is 0 Å². The van der Waals surface area contributed by atoms with Gasteiger partial charge in [-0.1, -0.05) is 12.1 Å². The van der Waals surface area contributed by atoms with Crippen molar-refractivity contribution in [3.05, 3.63) is 71.7 Å². The lowest BCUT2D eigenvalue weighted by atomic mass is 10.2. The van der Waals surface area contributed by atoms with Gasteiger partial charge in [0.15, 0.2) is 0 Å². The normalized spacial score (nSPS) is 10.7. The third-order valence-electron chi connectivity index (χ3n) is 3.37. The molecule has 3 aromatic rings. The third-order valence-corrected chi connectivity index (χ3v) is 4.20. The lowest BCUT2D eigenvalue weighted by Crippen LogP contribution is -2.07. The van der Waals surface area contributed by atoms with Gasteiger partial charge in [-0.15, -0.1) is 11.3 Å². The number of nitrogens with zero attached hydrogens (tertiary/aromatic N) is 1. The van der Waals surface area contributed by atoms with Crippen LogP contribution in [0.1, 0.15) is 5.56 Å². The molecular weight excluding hydrogens is 320 g/mol. The number of hydrogen-bond donors (Lipinski definition) is 1. The van der Waals surface area contributed by atoms with Crippen molar-refractivity contribution in [1.82, 2.24) is 4.98 Å². The molecule has 0 saturated heterocycles. The summed E-state index contributed by atoms with van der Waals surface area (Å²) in [6, 6.07) is 15.1.